The van der Waals surface area contributed by atoms with Crippen LogP contribution in [0, 0.1) is 0 Å². The van der Waals surface area contributed by atoms with E-state index in [1.807, 2.05) is 18.2 Å². The maximum absolute atomic E-state index is 6.65. The summed E-state index contributed by atoms with van der Waals surface area (Å²) in [6, 6.07) is 85.3. The van der Waals surface area contributed by atoms with Crippen molar-refractivity contribution in [2.45, 2.75) is 0 Å². The fourth-order valence-corrected chi connectivity index (χ4v) is 9.64. The van der Waals surface area contributed by atoms with E-state index in [-0.39, 0.29) is 0 Å². The highest BCUT2D eigenvalue weighted by atomic mass is 16.3. The molecular weight excluding hydrogens is 829 g/mol. The van der Waals surface area contributed by atoms with E-state index < -0.39 is 0 Å². The van der Waals surface area contributed by atoms with E-state index in [4.69, 9.17) is 19.4 Å². The van der Waals surface area contributed by atoms with Crippen LogP contribution in [0.5, 0.6) is 0 Å². The second-order valence-corrected chi connectivity index (χ2v) is 17.2. The van der Waals surface area contributed by atoms with Gasteiger partial charge in [-0.1, -0.05) is 182 Å². The fourth-order valence-electron chi connectivity index (χ4n) is 9.64. The van der Waals surface area contributed by atoms with E-state index >= 15 is 0 Å². The van der Waals surface area contributed by atoms with Crippen molar-refractivity contribution in [3.63, 3.8) is 0 Å². The van der Waals surface area contributed by atoms with Gasteiger partial charge in [-0.05, 0) is 105 Å². The zero-order chi connectivity index (χ0) is 45.0. The van der Waals surface area contributed by atoms with Crippen LogP contribution in [-0.2, 0) is 0 Å². The molecule has 3 aromatic heterocycles. The van der Waals surface area contributed by atoms with Crippen LogP contribution in [0.15, 0.2) is 247 Å². The zero-order valence-electron chi connectivity index (χ0n) is 36.8. The lowest BCUT2D eigenvalue weighted by Gasteiger charge is -2.11. The third-order valence-corrected chi connectivity index (χ3v) is 13.1. The van der Waals surface area contributed by atoms with Crippen LogP contribution in [0.4, 0.5) is 0 Å². The smallest absolute Gasteiger partial charge is 0.164 e. The van der Waals surface area contributed by atoms with E-state index in [1.54, 1.807) is 0 Å². The Kier molecular flexibility index (Phi) is 9.43. The largest absolute Gasteiger partial charge is 0.456 e. The number of furan rings is 1. The Morgan fingerprint density at radius 1 is 0.250 bits per heavy atom. The molecule has 0 amide bonds. The van der Waals surface area contributed by atoms with E-state index in [9.17, 15) is 0 Å². The Bertz CT molecular complexity index is 3990. The van der Waals surface area contributed by atoms with Crippen molar-refractivity contribution >= 4 is 43.7 Å². The summed E-state index contributed by atoms with van der Waals surface area (Å²) in [5.41, 5.74) is 16.9. The summed E-state index contributed by atoms with van der Waals surface area (Å²) < 4.78 is 9.02. The Balaban J connectivity index is 0.930. The monoisotopic (exact) mass is 868 g/mol. The van der Waals surface area contributed by atoms with Gasteiger partial charge in [0, 0.05) is 43.9 Å². The SMILES string of the molecule is c1ccc(-c2ccc(-c3nc(-c4cccc(-c5ccccc5)c4)nc(-c4ccc5oc6cc7c8ccccc8n(-c8ccc(-c9cccc(-c%10ccccc%10)c9)cc8)c7cc6c5c4)n3)cc2)cc1. The molecular formula is C63H40N4O. The lowest BCUT2D eigenvalue weighted by Crippen LogP contribution is -2.00. The van der Waals surface area contributed by atoms with Crippen molar-refractivity contribution in [1.82, 2.24) is 19.5 Å². The first-order chi connectivity index (χ1) is 33.7. The third kappa shape index (κ3) is 7.02. The van der Waals surface area contributed by atoms with E-state index in [0.29, 0.717) is 17.5 Å². The number of nitrogens with zero attached hydrogens (tertiary/aromatic N) is 4. The van der Waals surface area contributed by atoms with Gasteiger partial charge in [0.05, 0.1) is 11.0 Å². The van der Waals surface area contributed by atoms with Crippen LogP contribution >= 0.6 is 0 Å². The average Bonchev–Trinajstić information content (AvgIpc) is 3.95. The van der Waals surface area contributed by atoms with Gasteiger partial charge < -0.3 is 8.98 Å². The number of aromatic nitrogens is 4. The zero-order valence-corrected chi connectivity index (χ0v) is 36.8. The van der Waals surface area contributed by atoms with Gasteiger partial charge in [0.25, 0.3) is 0 Å². The molecule has 5 heteroatoms. The van der Waals surface area contributed by atoms with Gasteiger partial charge >= 0.3 is 0 Å². The molecule has 5 nitrogen and oxygen atoms in total. The minimum atomic E-state index is 0.586. The molecule has 0 atom stereocenters. The number of fused-ring (bicyclic) bond motifs is 6. The standard InChI is InChI=1S/C63H40N4O/c1-4-14-41(15-5-1)44-26-28-46(29-27-44)61-64-62(50-23-13-22-49(37-50)43-18-8-3-9-19-43)66-63(65-61)51-32-35-59-55(38-51)56-39-58-54(40-60(56)68-59)53-24-10-11-25-57(53)67(58)52-33-30-45(31-34-52)48-21-12-20-47(36-48)42-16-6-2-7-17-42/h1-40H. The molecule has 0 aliphatic heterocycles. The summed E-state index contributed by atoms with van der Waals surface area (Å²) in [4.78, 5) is 15.5. The molecule has 3 heterocycles. The number of benzene rings is 10. The van der Waals surface area contributed by atoms with Crippen LogP contribution < -0.4 is 0 Å². The molecule has 13 rings (SSSR count). The lowest BCUT2D eigenvalue weighted by molar-refractivity contribution is 0.669. The molecule has 68 heavy (non-hydrogen) atoms. The highest BCUT2D eigenvalue weighted by Crippen LogP contribution is 2.40. The van der Waals surface area contributed by atoms with Gasteiger partial charge in [-0.15, -0.1) is 0 Å². The number of hydrogen-bond donors (Lipinski definition) is 0. The van der Waals surface area contributed by atoms with Crippen LogP contribution in [0.3, 0.4) is 0 Å². The van der Waals surface area contributed by atoms with Crippen molar-refractivity contribution < 1.29 is 4.42 Å². The van der Waals surface area contributed by atoms with Crippen molar-refractivity contribution in [2.24, 2.45) is 0 Å². The average molecular weight is 869 g/mol. The molecule has 0 spiro atoms. The Morgan fingerprint density at radius 2 is 0.676 bits per heavy atom. The van der Waals surface area contributed by atoms with Crippen LogP contribution in [0.1, 0.15) is 0 Å². The number of rotatable bonds is 8. The minimum absolute atomic E-state index is 0.586. The predicted octanol–water partition coefficient (Wildman–Crippen LogP) is 16.5. The van der Waals surface area contributed by atoms with Gasteiger partial charge in [0.1, 0.15) is 11.2 Å². The van der Waals surface area contributed by atoms with Crippen molar-refractivity contribution in [1.29, 1.82) is 0 Å². The van der Waals surface area contributed by atoms with E-state index in [0.717, 1.165) is 83.0 Å². The van der Waals surface area contributed by atoms with Gasteiger partial charge in [-0.3, -0.25) is 0 Å². The molecule has 0 N–H and O–H groups in total. The Hall–Kier alpha value is -9.19. The van der Waals surface area contributed by atoms with Gasteiger partial charge in [-0.25, -0.2) is 15.0 Å². The molecule has 0 fully saturated rings. The molecule has 0 unspecified atom stereocenters. The molecule has 0 saturated heterocycles. The van der Waals surface area contributed by atoms with Crippen molar-refractivity contribution in [3.05, 3.63) is 243 Å². The van der Waals surface area contributed by atoms with Crippen LogP contribution in [0.2, 0.25) is 0 Å². The third-order valence-electron chi connectivity index (χ3n) is 13.1. The van der Waals surface area contributed by atoms with Crippen LogP contribution in [0.25, 0.3) is 128 Å². The number of para-hydroxylation sites is 1. The molecule has 0 radical (unpaired) electrons. The summed E-state index contributed by atoms with van der Waals surface area (Å²) in [6.45, 7) is 0. The molecule has 0 saturated carbocycles. The Morgan fingerprint density at radius 3 is 1.31 bits per heavy atom. The highest BCUT2D eigenvalue weighted by Gasteiger charge is 2.19. The molecule has 0 aliphatic rings. The first-order valence-corrected chi connectivity index (χ1v) is 22.9. The summed E-state index contributed by atoms with van der Waals surface area (Å²) in [5, 5.41) is 4.32. The van der Waals surface area contributed by atoms with Crippen molar-refractivity contribution in [2.75, 3.05) is 0 Å². The van der Waals surface area contributed by atoms with Gasteiger partial charge in [-0.2, -0.15) is 0 Å². The first-order valence-electron chi connectivity index (χ1n) is 22.9. The first kappa shape index (κ1) is 39.2. The summed E-state index contributed by atoms with van der Waals surface area (Å²) in [7, 11) is 0. The maximum Gasteiger partial charge on any atom is 0.164 e. The van der Waals surface area contributed by atoms with Crippen molar-refractivity contribution in [3.8, 4) is 84.4 Å². The summed E-state index contributed by atoms with van der Waals surface area (Å²) in [6.07, 6.45) is 0. The van der Waals surface area contributed by atoms with E-state index in [1.165, 1.54) is 27.6 Å². The van der Waals surface area contributed by atoms with Gasteiger partial charge in [0.2, 0.25) is 0 Å². The summed E-state index contributed by atoms with van der Waals surface area (Å²) >= 11 is 0. The quantitative estimate of drug-likeness (QED) is 0.153. The Labute approximate surface area is 392 Å². The fraction of sp³-hybridized carbons (Fsp3) is 0. The predicted molar refractivity (Wildman–Crippen MR) is 279 cm³/mol. The second kappa shape index (κ2) is 16.4. The minimum Gasteiger partial charge on any atom is -0.456 e. The van der Waals surface area contributed by atoms with Gasteiger partial charge in [0.15, 0.2) is 17.5 Å². The van der Waals surface area contributed by atoms with Crippen LogP contribution in [-0.4, -0.2) is 19.5 Å². The number of hydrogen-bond acceptors (Lipinski definition) is 4. The summed E-state index contributed by atoms with van der Waals surface area (Å²) in [5.74, 6) is 1.80. The molecule has 0 bridgehead atoms. The molecule has 0 aliphatic carbocycles. The second-order valence-electron chi connectivity index (χ2n) is 17.2. The molecule has 318 valence electrons. The normalized spacial score (nSPS) is 11.5. The van der Waals surface area contributed by atoms with E-state index in [2.05, 4.69) is 229 Å². The maximum atomic E-state index is 6.65. The lowest BCUT2D eigenvalue weighted by atomic mass is 9.99. The highest BCUT2D eigenvalue weighted by molar-refractivity contribution is 6.17. The topological polar surface area (TPSA) is 56.7 Å². The molecule has 10 aromatic carbocycles. The molecule has 13 aromatic rings.